The van der Waals surface area contributed by atoms with Gasteiger partial charge >= 0.3 is 5.97 Å². The maximum absolute atomic E-state index is 12.5. The first kappa shape index (κ1) is 13.9. The first-order valence-electron chi connectivity index (χ1n) is 5.19. The van der Waals surface area contributed by atoms with Crippen molar-refractivity contribution in [1.82, 2.24) is 0 Å². The van der Waals surface area contributed by atoms with Gasteiger partial charge in [-0.2, -0.15) is 5.26 Å². The smallest absolute Gasteiger partial charge is 0.310 e. The Bertz CT molecular complexity index is 495. The van der Waals surface area contributed by atoms with E-state index in [0.717, 1.165) is 12.1 Å². The molecule has 6 heteroatoms. The van der Waals surface area contributed by atoms with Gasteiger partial charge in [0.25, 0.3) is 6.43 Å². The summed E-state index contributed by atoms with van der Waals surface area (Å²) in [6.45, 7) is 1.81. The third-order valence-electron chi connectivity index (χ3n) is 2.25. The van der Waals surface area contributed by atoms with Crippen LogP contribution in [-0.4, -0.2) is 17.7 Å². The van der Waals surface area contributed by atoms with Crippen LogP contribution in [-0.2, 0) is 16.0 Å². The monoisotopic (exact) mass is 255 g/mol. The zero-order chi connectivity index (χ0) is 13.7. The molecule has 1 rings (SSSR count). The van der Waals surface area contributed by atoms with Gasteiger partial charge < -0.3 is 9.84 Å². The molecule has 0 spiro atoms. The number of ether oxygens (including phenoxy) is 1. The number of benzene rings is 1. The number of esters is 1. The van der Waals surface area contributed by atoms with Crippen LogP contribution in [0.4, 0.5) is 8.78 Å². The number of carbonyl (C=O) groups is 1. The van der Waals surface area contributed by atoms with E-state index in [4.69, 9.17) is 5.26 Å². The summed E-state index contributed by atoms with van der Waals surface area (Å²) in [4.78, 5) is 11.2. The summed E-state index contributed by atoms with van der Waals surface area (Å²) in [5.41, 5.74) is -0.534. The van der Waals surface area contributed by atoms with E-state index < -0.39 is 23.7 Å². The van der Waals surface area contributed by atoms with Crippen molar-refractivity contribution >= 4 is 5.97 Å². The molecule has 1 aromatic carbocycles. The number of aromatic hydroxyl groups is 1. The van der Waals surface area contributed by atoms with Crippen LogP contribution in [0.5, 0.6) is 5.75 Å². The molecule has 1 N–H and O–H groups in total. The van der Waals surface area contributed by atoms with Crippen molar-refractivity contribution in [1.29, 1.82) is 5.26 Å². The molecule has 0 saturated heterocycles. The van der Waals surface area contributed by atoms with Gasteiger partial charge in [-0.1, -0.05) is 0 Å². The van der Waals surface area contributed by atoms with Crippen LogP contribution >= 0.6 is 0 Å². The van der Waals surface area contributed by atoms with E-state index in [1.165, 1.54) is 0 Å². The van der Waals surface area contributed by atoms with Gasteiger partial charge in [0.15, 0.2) is 0 Å². The minimum atomic E-state index is -2.88. The van der Waals surface area contributed by atoms with E-state index in [2.05, 4.69) is 4.74 Å². The molecule has 0 saturated carbocycles. The predicted molar refractivity (Wildman–Crippen MR) is 58.1 cm³/mol. The Balaban J connectivity index is 3.10. The zero-order valence-corrected chi connectivity index (χ0v) is 9.61. The minimum absolute atomic E-state index is 0.0730. The second-order valence-electron chi connectivity index (χ2n) is 3.46. The standard InChI is InChI=1S/C12H11F2NO3/c1-2-18-11(17)5-7-4-10(16)9(12(13)14)3-8(7)6-15/h3-4,12,16H,2,5H2,1H3. The molecule has 1 aromatic rings. The number of rotatable bonds is 4. The number of nitrogens with zero attached hydrogens (tertiary/aromatic N) is 1. The zero-order valence-electron chi connectivity index (χ0n) is 9.61. The Morgan fingerprint density at radius 1 is 1.56 bits per heavy atom. The van der Waals surface area contributed by atoms with Crippen molar-refractivity contribution in [2.24, 2.45) is 0 Å². The number of phenols is 1. The summed E-state index contributed by atoms with van der Waals surface area (Å²) < 4.78 is 29.7. The molecule has 0 bridgehead atoms. The van der Waals surface area contributed by atoms with E-state index in [1.807, 2.05) is 0 Å². The third kappa shape index (κ3) is 3.17. The van der Waals surface area contributed by atoms with Crippen molar-refractivity contribution in [3.05, 3.63) is 28.8 Å². The molecule has 0 unspecified atom stereocenters. The predicted octanol–water partition coefficient (Wildman–Crippen LogP) is 2.31. The Labute approximate surface area is 102 Å². The summed E-state index contributed by atoms with van der Waals surface area (Å²) in [6.07, 6.45) is -3.12. The molecule has 0 fully saturated rings. The van der Waals surface area contributed by atoms with Gasteiger partial charge in [-0.25, -0.2) is 8.78 Å². The van der Waals surface area contributed by atoms with E-state index in [1.54, 1.807) is 13.0 Å². The van der Waals surface area contributed by atoms with Crippen LogP contribution in [0.3, 0.4) is 0 Å². The summed E-state index contributed by atoms with van der Waals surface area (Å²) in [6, 6.07) is 3.59. The third-order valence-corrected chi connectivity index (χ3v) is 2.25. The van der Waals surface area contributed by atoms with E-state index in [-0.39, 0.29) is 24.2 Å². The molecular formula is C12H11F2NO3. The largest absolute Gasteiger partial charge is 0.507 e. The van der Waals surface area contributed by atoms with Crippen molar-refractivity contribution in [2.75, 3.05) is 6.61 Å². The number of halogens is 2. The average Bonchev–Trinajstić information content (AvgIpc) is 2.29. The molecule has 0 amide bonds. The van der Waals surface area contributed by atoms with Crippen molar-refractivity contribution in [3.8, 4) is 11.8 Å². The molecule has 0 aliphatic rings. The molecule has 4 nitrogen and oxygen atoms in total. The quantitative estimate of drug-likeness (QED) is 0.838. The van der Waals surface area contributed by atoms with Crippen LogP contribution in [0.25, 0.3) is 0 Å². The fourth-order valence-electron chi connectivity index (χ4n) is 1.44. The van der Waals surface area contributed by atoms with E-state index >= 15 is 0 Å². The van der Waals surface area contributed by atoms with Crippen LogP contribution in [0.15, 0.2) is 12.1 Å². The Morgan fingerprint density at radius 2 is 2.22 bits per heavy atom. The van der Waals surface area contributed by atoms with Gasteiger partial charge in [0, 0.05) is 0 Å². The summed E-state index contributed by atoms with van der Waals surface area (Å²) >= 11 is 0. The number of nitriles is 1. The maximum atomic E-state index is 12.5. The summed E-state index contributed by atoms with van der Waals surface area (Å²) in [5, 5.41) is 18.2. The first-order chi connectivity index (χ1) is 8.49. The number of alkyl halides is 2. The van der Waals surface area contributed by atoms with Crippen LogP contribution in [0.1, 0.15) is 30.0 Å². The van der Waals surface area contributed by atoms with Gasteiger partial charge in [0.05, 0.1) is 30.2 Å². The SMILES string of the molecule is CCOC(=O)Cc1cc(O)c(C(F)F)cc1C#N. The molecule has 0 aliphatic carbocycles. The van der Waals surface area contributed by atoms with Gasteiger partial charge in [0.1, 0.15) is 5.75 Å². The summed E-state index contributed by atoms with van der Waals surface area (Å²) in [5.74, 6) is -1.22. The van der Waals surface area contributed by atoms with E-state index in [9.17, 15) is 18.7 Å². The van der Waals surface area contributed by atoms with Crippen molar-refractivity contribution < 1.29 is 23.4 Å². The molecule has 0 heterocycles. The lowest BCUT2D eigenvalue weighted by molar-refractivity contribution is -0.142. The topological polar surface area (TPSA) is 70.3 Å². The molecule has 18 heavy (non-hydrogen) atoms. The second kappa shape index (κ2) is 5.96. The van der Waals surface area contributed by atoms with Gasteiger partial charge in [-0.3, -0.25) is 4.79 Å². The number of hydrogen-bond acceptors (Lipinski definition) is 4. The van der Waals surface area contributed by atoms with Gasteiger partial charge in [0.2, 0.25) is 0 Å². The fraction of sp³-hybridized carbons (Fsp3) is 0.333. The Morgan fingerprint density at radius 3 is 2.72 bits per heavy atom. The molecule has 0 radical (unpaired) electrons. The highest BCUT2D eigenvalue weighted by Gasteiger charge is 2.18. The lowest BCUT2D eigenvalue weighted by atomic mass is 10.0. The number of carbonyl (C=O) groups excluding carboxylic acids is 1. The fourth-order valence-corrected chi connectivity index (χ4v) is 1.44. The van der Waals surface area contributed by atoms with Gasteiger partial charge in [-0.05, 0) is 24.6 Å². The van der Waals surface area contributed by atoms with Crippen molar-refractivity contribution in [3.63, 3.8) is 0 Å². The molecule has 96 valence electrons. The van der Waals surface area contributed by atoms with Crippen LogP contribution in [0.2, 0.25) is 0 Å². The molecule has 0 aromatic heterocycles. The molecule has 0 aliphatic heterocycles. The van der Waals surface area contributed by atoms with E-state index in [0.29, 0.717) is 0 Å². The lowest BCUT2D eigenvalue weighted by Gasteiger charge is -2.08. The maximum Gasteiger partial charge on any atom is 0.310 e. The average molecular weight is 255 g/mol. The number of phenolic OH excluding ortho intramolecular Hbond substituents is 1. The Hall–Kier alpha value is -2.16. The lowest BCUT2D eigenvalue weighted by Crippen LogP contribution is -2.09. The van der Waals surface area contributed by atoms with Crippen molar-refractivity contribution in [2.45, 2.75) is 19.8 Å². The highest BCUT2D eigenvalue weighted by atomic mass is 19.3. The number of hydrogen-bond donors (Lipinski definition) is 1. The minimum Gasteiger partial charge on any atom is -0.507 e. The molecule has 0 atom stereocenters. The second-order valence-corrected chi connectivity index (χ2v) is 3.46. The molecular weight excluding hydrogens is 244 g/mol. The van der Waals surface area contributed by atoms with Crippen LogP contribution < -0.4 is 0 Å². The normalized spacial score (nSPS) is 10.2. The Kier molecular flexibility index (Phi) is 4.60. The first-order valence-corrected chi connectivity index (χ1v) is 5.19. The highest BCUT2D eigenvalue weighted by Crippen LogP contribution is 2.31. The van der Waals surface area contributed by atoms with Gasteiger partial charge in [-0.15, -0.1) is 0 Å². The highest BCUT2D eigenvalue weighted by molar-refractivity contribution is 5.74. The van der Waals surface area contributed by atoms with Crippen LogP contribution in [0, 0.1) is 11.3 Å². The summed E-state index contributed by atoms with van der Waals surface area (Å²) in [7, 11) is 0.